The molecule has 3 rings (SSSR count). The van der Waals surface area contributed by atoms with E-state index in [0.29, 0.717) is 0 Å². The zero-order valence-electron chi connectivity index (χ0n) is 13.8. The number of carboxylic acid groups (broad SMARTS) is 1. The third-order valence-corrected chi connectivity index (χ3v) is 3.84. The molecule has 0 bridgehead atoms. The van der Waals surface area contributed by atoms with Crippen molar-refractivity contribution in [3.05, 3.63) is 58.6 Å². The number of carboxylic acids is 1. The molecule has 0 radical (unpaired) electrons. The molecule has 138 valence electrons. The Morgan fingerprint density at radius 3 is 2.78 bits per heavy atom. The van der Waals surface area contributed by atoms with E-state index in [1.165, 1.54) is 31.2 Å². The number of aryl methyl sites for hydroxylation is 1. The van der Waals surface area contributed by atoms with Crippen molar-refractivity contribution in [1.29, 1.82) is 5.26 Å². The van der Waals surface area contributed by atoms with Gasteiger partial charge < -0.3 is 14.3 Å². The Morgan fingerprint density at radius 2 is 2.15 bits per heavy atom. The van der Waals surface area contributed by atoms with Gasteiger partial charge in [0.15, 0.2) is 5.69 Å². The topological polar surface area (TPSA) is 96.4 Å². The number of fused-ring (bicyclic) bond motifs is 1. The summed E-state index contributed by atoms with van der Waals surface area (Å²) in [4.78, 5) is 14.7. The van der Waals surface area contributed by atoms with Crippen molar-refractivity contribution in [3.8, 4) is 11.8 Å². The molecule has 1 N–H and O–H groups in total. The maximum Gasteiger partial charge on any atom is 0.433 e. The number of hydrogen-bond acceptors (Lipinski definition) is 5. The van der Waals surface area contributed by atoms with Gasteiger partial charge in [-0.25, -0.2) is 4.79 Å². The van der Waals surface area contributed by atoms with Crippen molar-refractivity contribution in [2.24, 2.45) is 0 Å². The van der Waals surface area contributed by atoms with E-state index in [1.807, 2.05) is 6.07 Å². The molecule has 0 amide bonds. The number of nitrogens with zero attached hydrogens (tertiary/aromatic N) is 2. The lowest BCUT2D eigenvalue weighted by atomic mass is 10.1. The van der Waals surface area contributed by atoms with Crippen molar-refractivity contribution >= 4 is 16.9 Å². The van der Waals surface area contributed by atoms with Crippen molar-refractivity contribution in [1.82, 2.24) is 4.98 Å². The minimum atomic E-state index is -4.65. The first kappa shape index (κ1) is 18.3. The van der Waals surface area contributed by atoms with Gasteiger partial charge >= 0.3 is 12.1 Å². The summed E-state index contributed by atoms with van der Waals surface area (Å²) in [7, 11) is 0. The number of nitriles is 1. The summed E-state index contributed by atoms with van der Waals surface area (Å²) in [6.07, 6.45) is -3.63. The zero-order valence-corrected chi connectivity index (χ0v) is 13.8. The standard InChI is InChI=1S/C18H11F3N2O4/c1-9-15(17(24)25)12-6-13(11(7-22)5-14(12)27-9)26-8-10-3-2-4-23-16(10)18(19,20)21/h2-6H,8H2,1H3,(H,24,25). The molecule has 0 fully saturated rings. The van der Waals surface area contributed by atoms with Crippen LogP contribution in [0.4, 0.5) is 13.2 Å². The number of aromatic nitrogens is 1. The predicted molar refractivity (Wildman–Crippen MR) is 86.2 cm³/mol. The molecule has 0 aliphatic rings. The van der Waals surface area contributed by atoms with E-state index in [-0.39, 0.29) is 39.2 Å². The van der Waals surface area contributed by atoms with Crippen LogP contribution in [0.5, 0.6) is 5.75 Å². The average Bonchev–Trinajstić information content (AvgIpc) is 2.93. The Bertz CT molecular complexity index is 1080. The number of halogens is 3. The SMILES string of the molecule is Cc1oc2cc(C#N)c(OCc3cccnc3C(F)(F)F)cc2c1C(=O)O. The fraction of sp³-hybridized carbons (Fsp3) is 0.167. The first-order valence-electron chi connectivity index (χ1n) is 7.56. The van der Waals surface area contributed by atoms with Gasteiger partial charge in [0.2, 0.25) is 0 Å². The van der Waals surface area contributed by atoms with Crippen LogP contribution in [0.1, 0.15) is 32.9 Å². The number of carbonyl (C=O) groups is 1. The minimum absolute atomic E-state index is 0.00522. The van der Waals surface area contributed by atoms with E-state index in [2.05, 4.69) is 4.98 Å². The normalized spacial score (nSPS) is 11.4. The number of furan rings is 1. The Hall–Kier alpha value is -3.54. The van der Waals surface area contributed by atoms with E-state index in [1.54, 1.807) is 0 Å². The molecule has 6 nitrogen and oxygen atoms in total. The quantitative estimate of drug-likeness (QED) is 0.729. The minimum Gasteiger partial charge on any atom is -0.487 e. The molecule has 0 saturated heterocycles. The highest BCUT2D eigenvalue weighted by Gasteiger charge is 2.35. The van der Waals surface area contributed by atoms with Crippen LogP contribution in [0.15, 0.2) is 34.9 Å². The zero-order chi connectivity index (χ0) is 19.8. The maximum atomic E-state index is 13.0. The summed E-state index contributed by atoms with van der Waals surface area (Å²) >= 11 is 0. The molecule has 9 heteroatoms. The second kappa shape index (κ2) is 6.64. The van der Waals surface area contributed by atoms with Crippen LogP contribution in [-0.2, 0) is 12.8 Å². The van der Waals surface area contributed by atoms with Gasteiger partial charge in [-0.05, 0) is 19.1 Å². The number of rotatable bonds is 4. The van der Waals surface area contributed by atoms with Crippen LogP contribution in [0.25, 0.3) is 11.0 Å². The van der Waals surface area contributed by atoms with Crippen molar-refractivity contribution in [2.45, 2.75) is 19.7 Å². The lowest BCUT2D eigenvalue weighted by molar-refractivity contribution is -0.142. The molecule has 2 heterocycles. The number of hydrogen-bond donors (Lipinski definition) is 1. The molecule has 0 aliphatic heterocycles. The van der Waals surface area contributed by atoms with E-state index >= 15 is 0 Å². The van der Waals surface area contributed by atoms with Crippen molar-refractivity contribution in [2.75, 3.05) is 0 Å². The summed E-state index contributed by atoms with van der Waals surface area (Å²) in [5.74, 6) is -1.14. The molecule has 0 aliphatic carbocycles. The Balaban J connectivity index is 2.02. The van der Waals surface area contributed by atoms with Gasteiger partial charge in [0, 0.05) is 23.2 Å². The third kappa shape index (κ3) is 3.42. The highest BCUT2D eigenvalue weighted by Crippen LogP contribution is 2.34. The molecule has 0 spiro atoms. The number of pyridine rings is 1. The van der Waals surface area contributed by atoms with Gasteiger partial charge in [-0.2, -0.15) is 18.4 Å². The average molecular weight is 376 g/mol. The van der Waals surface area contributed by atoms with E-state index < -0.39 is 24.4 Å². The van der Waals surface area contributed by atoms with E-state index in [0.717, 1.165) is 6.20 Å². The maximum absolute atomic E-state index is 13.0. The molecule has 0 saturated carbocycles. The molecule has 0 unspecified atom stereocenters. The Labute approximate surface area is 150 Å². The van der Waals surface area contributed by atoms with Crippen LogP contribution >= 0.6 is 0 Å². The molecule has 1 aromatic carbocycles. The Kier molecular flexibility index (Phi) is 4.49. The van der Waals surface area contributed by atoms with Crippen molar-refractivity contribution in [3.63, 3.8) is 0 Å². The van der Waals surface area contributed by atoms with E-state index in [9.17, 15) is 28.3 Å². The molecule has 27 heavy (non-hydrogen) atoms. The predicted octanol–water partition coefficient (Wildman–Crippen LogP) is 4.30. The third-order valence-electron chi connectivity index (χ3n) is 3.84. The van der Waals surface area contributed by atoms with Gasteiger partial charge in [0.1, 0.15) is 35.3 Å². The second-order valence-electron chi connectivity index (χ2n) is 5.59. The molecular formula is C18H11F3N2O4. The lowest BCUT2D eigenvalue weighted by Crippen LogP contribution is -2.13. The smallest absolute Gasteiger partial charge is 0.433 e. The molecule has 3 aromatic rings. The first-order chi connectivity index (χ1) is 12.7. The van der Waals surface area contributed by atoms with Crippen LogP contribution in [-0.4, -0.2) is 16.1 Å². The Morgan fingerprint density at radius 1 is 1.41 bits per heavy atom. The fourth-order valence-electron chi connectivity index (χ4n) is 2.68. The van der Waals surface area contributed by atoms with Gasteiger partial charge in [-0.15, -0.1) is 0 Å². The first-order valence-corrected chi connectivity index (χ1v) is 7.56. The van der Waals surface area contributed by atoms with Crippen LogP contribution in [0, 0.1) is 18.3 Å². The van der Waals surface area contributed by atoms with E-state index in [4.69, 9.17) is 9.15 Å². The largest absolute Gasteiger partial charge is 0.487 e. The van der Waals surface area contributed by atoms with Crippen LogP contribution in [0.2, 0.25) is 0 Å². The van der Waals surface area contributed by atoms with Crippen LogP contribution < -0.4 is 4.74 Å². The van der Waals surface area contributed by atoms with Gasteiger partial charge in [0.25, 0.3) is 0 Å². The summed E-state index contributed by atoms with van der Waals surface area (Å²) in [6, 6.07) is 6.97. The number of ether oxygens (including phenoxy) is 1. The number of benzene rings is 1. The van der Waals surface area contributed by atoms with Crippen LogP contribution in [0.3, 0.4) is 0 Å². The summed E-state index contributed by atoms with van der Waals surface area (Å²) in [5.41, 5.74) is -1.22. The summed E-state index contributed by atoms with van der Waals surface area (Å²) in [5, 5.41) is 18.8. The molecule has 2 aromatic heterocycles. The highest BCUT2D eigenvalue weighted by molar-refractivity contribution is 6.04. The number of alkyl halides is 3. The molecular weight excluding hydrogens is 365 g/mol. The summed E-state index contributed by atoms with van der Waals surface area (Å²) in [6.45, 7) is 0.962. The highest BCUT2D eigenvalue weighted by atomic mass is 19.4. The van der Waals surface area contributed by atoms with Crippen molar-refractivity contribution < 1.29 is 32.2 Å². The van der Waals surface area contributed by atoms with Gasteiger partial charge in [-0.3, -0.25) is 4.98 Å². The lowest BCUT2D eigenvalue weighted by Gasteiger charge is -2.13. The van der Waals surface area contributed by atoms with Gasteiger partial charge in [-0.1, -0.05) is 6.07 Å². The second-order valence-corrected chi connectivity index (χ2v) is 5.59. The van der Waals surface area contributed by atoms with Gasteiger partial charge in [0.05, 0.1) is 5.56 Å². The summed E-state index contributed by atoms with van der Waals surface area (Å²) < 4.78 is 49.8. The fourth-order valence-corrected chi connectivity index (χ4v) is 2.68. The number of aromatic carboxylic acids is 1. The molecule has 0 atom stereocenters. The monoisotopic (exact) mass is 376 g/mol.